The second-order valence-corrected chi connectivity index (χ2v) is 5.45. The number of amides is 1. The Hall–Kier alpha value is -1.07. The largest absolute Gasteiger partial charge is 0.496 e. The van der Waals surface area contributed by atoms with Crippen LogP contribution in [0.3, 0.4) is 0 Å². The van der Waals surface area contributed by atoms with E-state index in [1.165, 1.54) is 0 Å². The van der Waals surface area contributed by atoms with Crippen molar-refractivity contribution in [3.05, 3.63) is 28.2 Å². The lowest BCUT2D eigenvalue weighted by molar-refractivity contribution is 0.0619. The Morgan fingerprint density at radius 3 is 2.55 bits per heavy atom. The van der Waals surface area contributed by atoms with Gasteiger partial charge in [-0.25, -0.2) is 0 Å². The van der Waals surface area contributed by atoms with Crippen LogP contribution in [-0.4, -0.2) is 42.2 Å². The van der Waals surface area contributed by atoms with Gasteiger partial charge < -0.3 is 14.7 Å². The van der Waals surface area contributed by atoms with E-state index in [1.54, 1.807) is 24.1 Å². The number of carbonyl (C=O) groups excluding carboxylic acids is 1. The first-order valence-electron chi connectivity index (χ1n) is 6.84. The lowest BCUT2D eigenvalue weighted by Crippen LogP contribution is -2.41. The highest BCUT2D eigenvalue weighted by molar-refractivity contribution is 9.10. The molecule has 112 valence electrons. The quantitative estimate of drug-likeness (QED) is 0.827. The summed E-state index contributed by atoms with van der Waals surface area (Å²) >= 11 is 3.37. The summed E-state index contributed by atoms with van der Waals surface area (Å²) in [5.41, 5.74) is 0.524. The Balaban J connectivity index is 3.11. The third kappa shape index (κ3) is 3.96. The molecule has 1 N–H and O–H groups in total. The molecule has 0 atom stereocenters. The zero-order valence-corrected chi connectivity index (χ0v) is 13.8. The van der Waals surface area contributed by atoms with Crippen LogP contribution in [0.15, 0.2) is 22.7 Å². The molecule has 0 heterocycles. The van der Waals surface area contributed by atoms with Gasteiger partial charge in [0.2, 0.25) is 0 Å². The Morgan fingerprint density at radius 2 is 2.05 bits per heavy atom. The molecule has 0 fully saturated rings. The molecule has 0 bridgehead atoms. The number of carbonyl (C=O) groups is 1. The van der Waals surface area contributed by atoms with Gasteiger partial charge in [-0.1, -0.05) is 29.8 Å². The molecule has 1 aromatic carbocycles. The van der Waals surface area contributed by atoms with Gasteiger partial charge in [0.15, 0.2) is 0 Å². The molecule has 0 radical (unpaired) electrons. The number of ether oxygens (including phenoxy) is 1. The van der Waals surface area contributed by atoms with Crippen LogP contribution in [0.25, 0.3) is 0 Å². The molecular weight excluding hydrogens is 322 g/mol. The zero-order chi connectivity index (χ0) is 15.1. The average Bonchev–Trinajstić information content (AvgIpc) is 2.46. The van der Waals surface area contributed by atoms with Crippen LogP contribution in [0.4, 0.5) is 0 Å². The fourth-order valence-corrected chi connectivity index (χ4v) is 2.62. The van der Waals surface area contributed by atoms with Crippen LogP contribution in [0.5, 0.6) is 5.75 Å². The molecule has 1 amide bonds. The minimum Gasteiger partial charge on any atom is -0.496 e. The monoisotopic (exact) mass is 343 g/mol. The third-order valence-electron chi connectivity index (χ3n) is 3.38. The van der Waals surface area contributed by atoms with E-state index < -0.39 is 0 Å². The van der Waals surface area contributed by atoms with Crippen LogP contribution in [-0.2, 0) is 0 Å². The molecule has 5 heteroatoms. The first kappa shape index (κ1) is 17.0. The summed E-state index contributed by atoms with van der Waals surface area (Å²) in [4.78, 5) is 14.4. The number of hydrogen-bond acceptors (Lipinski definition) is 3. The SMILES string of the molecule is CCC(CC)N(CCO)C(=O)c1ccc(Br)cc1OC. The van der Waals surface area contributed by atoms with Crippen LogP contribution < -0.4 is 4.74 Å². The Kier molecular flexibility index (Phi) is 7.02. The van der Waals surface area contributed by atoms with Crippen molar-refractivity contribution >= 4 is 21.8 Å². The summed E-state index contributed by atoms with van der Waals surface area (Å²) in [5.74, 6) is 0.440. The van der Waals surface area contributed by atoms with Crippen molar-refractivity contribution in [3.63, 3.8) is 0 Å². The van der Waals surface area contributed by atoms with E-state index in [0.29, 0.717) is 17.9 Å². The Bertz CT molecular complexity index is 447. The van der Waals surface area contributed by atoms with Gasteiger partial charge in [0.05, 0.1) is 19.3 Å². The maximum atomic E-state index is 12.7. The number of rotatable bonds is 7. The summed E-state index contributed by atoms with van der Waals surface area (Å²) in [6, 6.07) is 5.47. The molecule has 0 unspecified atom stereocenters. The zero-order valence-electron chi connectivity index (χ0n) is 12.2. The van der Waals surface area contributed by atoms with Crippen molar-refractivity contribution in [3.8, 4) is 5.75 Å². The lowest BCUT2D eigenvalue weighted by Gasteiger charge is -2.30. The van der Waals surface area contributed by atoms with Crippen molar-refractivity contribution < 1.29 is 14.6 Å². The smallest absolute Gasteiger partial charge is 0.257 e. The van der Waals surface area contributed by atoms with E-state index >= 15 is 0 Å². The number of methoxy groups -OCH3 is 1. The summed E-state index contributed by atoms with van der Waals surface area (Å²) in [6.45, 7) is 4.39. The van der Waals surface area contributed by atoms with E-state index in [-0.39, 0.29) is 18.6 Å². The molecule has 0 aromatic heterocycles. The van der Waals surface area contributed by atoms with Crippen LogP contribution in [0, 0.1) is 0 Å². The van der Waals surface area contributed by atoms with Crippen molar-refractivity contribution in [2.75, 3.05) is 20.3 Å². The van der Waals surface area contributed by atoms with Gasteiger partial charge in [-0.05, 0) is 31.0 Å². The third-order valence-corrected chi connectivity index (χ3v) is 3.87. The molecule has 20 heavy (non-hydrogen) atoms. The topological polar surface area (TPSA) is 49.8 Å². The number of nitrogens with zero attached hydrogens (tertiary/aromatic N) is 1. The maximum Gasteiger partial charge on any atom is 0.257 e. The van der Waals surface area contributed by atoms with Gasteiger partial charge in [-0.2, -0.15) is 0 Å². The summed E-state index contributed by atoms with van der Waals surface area (Å²) in [5, 5.41) is 9.21. The Morgan fingerprint density at radius 1 is 1.40 bits per heavy atom. The molecule has 4 nitrogen and oxygen atoms in total. The van der Waals surface area contributed by atoms with Crippen molar-refractivity contribution in [1.82, 2.24) is 4.90 Å². The molecule has 1 rings (SSSR count). The highest BCUT2D eigenvalue weighted by Gasteiger charge is 2.24. The predicted octanol–water partition coefficient (Wildman–Crippen LogP) is 3.08. The van der Waals surface area contributed by atoms with Crippen LogP contribution in [0.1, 0.15) is 37.0 Å². The highest BCUT2D eigenvalue weighted by Crippen LogP contribution is 2.26. The minimum absolute atomic E-state index is 0.0406. The average molecular weight is 344 g/mol. The van der Waals surface area contributed by atoms with Gasteiger partial charge in [0, 0.05) is 17.1 Å². The highest BCUT2D eigenvalue weighted by atomic mass is 79.9. The van der Waals surface area contributed by atoms with Crippen molar-refractivity contribution in [2.45, 2.75) is 32.7 Å². The fourth-order valence-electron chi connectivity index (χ4n) is 2.28. The summed E-state index contributed by atoms with van der Waals surface area (Å²) in [6.07, 6.45) is 1.72. The van der Waals surface area contributed by atoms with E-state index in [0.717, 1.165) is 17.3 Å². The second kappa shape index (κ2) is 8.27. The number of halogens is 1. The van der Waals surface area contributed by atoms with Gasteiger partial charge >= 0.3 is 0 Å². The molecule has 0 aliphatic rings. The predicted molar refractivity (Wildman–Crippen MR) is 83.2 cm³/mol. The molecule has 0 saturated carbocycles. The maximum absolute atomic E-state index is 12.7. The van der Waals surface area contributed by atoms with E-state index in [2.05, 4.69) is 15.9 Å². The normalized spacial score (nSPS) is 10.7. The summed E-state index contributed by atoms with van der Waals surface area (Å²) < 4.78 is 6.15. The molecule has 1 aromatic rings. The number of benzene rings is 1. The number of aliphatic hydroxyl groups is 1. The lowest BCUT2D eigenvalue weighted by atomic mass is 10.1. The second-order valence-electron chi connectivity index (χ2n) is 4.54. The first-order valence-corrected chi connectivity index (χ1v) is 7.63. The first-order chi connectivity index (χ1) is 9.58. The molecular formula is C15H22BrNO3. The molecule has 0 aliphatic heterocycles. The Labute approximate surface area is 128 Å². The van der Waals surface area contributed by atoms with Crippen molar-refractivity contribution in [1.29, 1.82) is 0 Å². The van der Waals surface area contributed by atoms with E-state index in [4.69, 9.17) is 4.74 Å². The van der Waals surface area contributed by atoms with Gasteiger partial charge in [-0.15, -0.1) is 0 Å². The molecule has 0 aliphatic carbocycles. The summed E-state index contributed by atoms with van der Waals surface area (Å²) in [7, 11) is 1.55. The van der Waals surface area contributed by atoms with Crippen LogP contribution >= 0.6 is 15.9 Å². The number of aliphatic hydroxyl groups excluding tert-OH is 1. The molecule has 0 spiro atoms. The van der Waals surface area contributed by atoms with Gasteiger partial charge in [-0.3, -0.25) is 4.79 Å². The van der Waals surface area contributed by atoms with E-state index in [1.807, 2.05) is 19.9 Å². The minimum atomic E-state index is -0.0999. The van der Waals surface area contributed by atoms with Gasteiger partial charge in [0.25, 0.3) is 5.91 Å². The van der Waals surface area contributed by atoms with Crippen LogP contribution in [0.2, 0.25) is 0 Å². The fraction of sp³-hybridized carbons (Fsp3) is 0.533. The van der Waals surface area contributed by atoms with Gasteiger partial charge in [0.1, 0.15) is 5.75 Å². The van der Waals surface area contributed by atoms with Crippen molar-refractivity contribution in [2.24, 2.45) is 0 Å². The van der Waals surface area contributed by atoms with E-state index in [9.17, 15) is 9.90 Å². The molecule has 0 saturated heterocycles. The standard InChI is InChI=1S/C15H22BrNO3/c1-4-12(5-2)17(8-9-18)15(19)13-7-6-11(16)10-14(13)20-3/h6-7,10,12,18H,4-5,8-9H2,1-3H3. The number of hydrogen-bond donors (Lipinski definition) is 1.